The summed E-state index contributed by atoms with van der Waals surface area (Å²) >= 11 is 0. The van der Waals surface area contributed by atoms with Crippen molar-refractivity contribution in [1.82, 2.24) is 4.98 Å². The van der Waals surface area contributed by atoms with Crippen LogP contribution in [0.5, 0.6) is 0 Å². The summed E-state index contributed by atoms with van der Waals surface area (Å²) in [6, 6.07) is 20.5. The summed E-state index contributed by atoms with van der Waals surface area (Å²) < 4.78 is 0. The summed E-state index contributed by atoms with van der Waals surface area (Å²) in [6.45, 7) is 1.85. The van der Waals surface area contributed by atoms with Gasteiger partial charge in [-0.2, -0.15) is 0 Å². The van der Waals surface area contributed by atoms with Crippen LogP contribution in [-0.4, -0.2) is 22.0 Å². The van der Waals surface area contributed by atoms with E-state index in [2.05, 4.69) is 10.3 Å². The van der Waals surface area contributed by atoms with E-state index in [1.807, 2.05) is 49.4 Å². The van der Waals surface area contributed by atoms with Crippen molar-refractivity contribution in [3.8, 4) is 0 Å². The maximum absolute atomic E-state index is 12.7. The number of carbonyl (C=O) groups excluding carboxylic acids is 1. The Kier molecular flexibility index (Phi) is 4.79. The Morgan fingerprint density at radius 3 is 2.55 bits per heavy atom. The highest BCUT2D eigenvalue weighted by Gasteiger charge is 2.15. The van der Waals surface area contributed by atoms with Gasteiger partial charge in [0, 0.05) is 17.7 Å². The number of amides is 1. The first-order valence-electron chi connectivity index (χ1n) is 9.12. The fraction of sp³-hybridized carbons (Fsp3) is 0.0417. The van der Waals surface area contributed by atoms with Crippen LogP contribution in [0.3, 0.4) is 0 Å². The number of carboxylic acids is 1. The molecule has 29 heavy (non-hydrogen) atoms. The third-order valence-corrected chi connectivity index (χ3v) is 4.82. The van der Waals surface area contributed by atoms with Gasteiger partial charge in [-0.25, -0.2) is 4.79 Å². The summed E-state index contributed by atoms with van der Waals surface area (Å²) in [5.41, 5.74) is 2.59. The molecule has 5 heteroatoms. The van der Waals surface area contributed by atoms with Crippen LogP contribution in [0.25, 0.3) is 27.2 Å². The van der Waals surface area contributed by atoms with E-state index in [-0.39, 0.29) is 11.3 Å². The highest BCUT2D eigenvalue weighted by Crippen LogP contribution is 2.27. The number of anilines is 1. The molecule has 3 aromatic carbocycles. The first-order valence-corrected chi connectivity index (χ1v) is 9.12. The highest BCUT2D eigenvalue weighted by molar-refractivity contribution is 6.13. The number of hydrogen-bond donors (Lipinski definition) is 2. The summed E-state index contributed by atoms with van der Waals surface area (Å²) in [5, 5.41) is 15.0. The van der Waals surface area contributed by atoms with Gasteiger partial charge in [0.1, 0.15) is 0 Å². The van der Waals surface area contributed by atoms with Gasteiger partial charge in [0.25, 0.3) is 0 Å². The Hall–Kier alpha value is -3.99. The van der Waals surface area contributed by atoms with Crippen molar-refractivity contribution in [2.45, 2.75) is 6.92 Å². The van der Waals surface area contributed by atoms with Gasteiger partial charge in [0.05, 0.1) is 16.8 Å². The van der Waals surface area contributed by atoms with Crippen molar-refractivity contribution in [1.29, 1.82) is 0 Å². The topological polar surface area (TPSA) is 79.3 Å². The van der Waals surface area contributed by atoms with Crippen LogP contribution in [0.15, 0.2) is 79.0 Å². The summed E-state index contributed by atoms with van der Waals surface area (Å²) in [5.74, 6) is -1.50. The Labute approximate surface area is 167 Å². The zero-order valence-corrected chi connectivity index (χ0v) is 15.7. The number of nitrogens with zero attached hydrogens (tertiary/aromatic N) is 1. The van der Waals surface area contributed by atoms with Crippen LogP contribution in [0.4, 0.5) is 5.69 Å². The van der Waals surface area contributed by atoms with Crippen molar-refractivity contribution in [3.63, 3.8) is 0 Å². The minimum atomic E-state index is -1.11. The lowest BCUT2D eigenvalue weighted by molar-refractivity contribution is -0.111. The predicted molar refractivity (Wildman–Crippen MR) is 115 cm³/mol. The SMILES string of the molecule is C/C(=C/C(=O)Nc1c(C(=O)O)ccc2ncccc12)c1ccc2ccccc2c1. The highest BCUT2D eigenvalue weighted by atomic mass is 16.4. The number of aromatic nitrogens is 1. The van der Waals surface area contributed by atoms with Crippen LogP contribution in [0, 0.1) is 0 Å². The molecule has 2 N–H and O–H groups in total. The average molecular weight is 382 g/mol. The average Bonchev–Trinajstić information content (AvgIpc) is 2.73. The first kappa shape index (κ1) is 18.4. The van der Waals surface area contributed by atoms with Gasteiger partial charge in [-0.1, -0.05) is 36.4 Å². The molecular weight excluding hydrogens is 364 g/mol. The molecule has 5 nitrogen and oxygen atoms in total. The van der Waals surface area contributed by atoms with Gasteiger partial charge >= 0.3 is 5.97 Å². The maximum atomic E-state index is 12.7. The second kappa shape index (κ2) is 7.56. The van der Waals surface area contributed by atoms with Crippen molar-refractivity contribution in [2.75, 3.05) is 5.32 Å². The smallest absolute Gasteiger partial charge is 0.337 e. The summed E-state index contributed by atoms with van der Waals surface area (Å²) in [4.78, 5) is 28.5. The second-order valence-corrected chi connectivity index (χ2v) is 6.74. The van der Waals surface area contributed by atoms with Gasteiger partial charge in [0.15, 0.2) is 0 Å². The molecule has 0 aliphatic heterocycles. The Balaban J connectivity index is 1.68. The van der Waals surface area contributed by atoms with E-state index >= 15 is 0 Å². The van der Waals surface area contributed by atoms with E-state index in [1.165, 1.54) is 12.1 Å². The normalized spacial score (nSPS) is 11.6. The second-order valence-electron chi connectivity index (χ2n) is 6.74. The Morgan fingerprint density at radius 2 is 1.76 bits per heavy atom. The predicted octanol–water partition coefficient (Wildman–Crippen LogP) is 5.13. The molecule has 0 atom stereocenters. The van der Waals surface area contributed by atoms with E-state index in [0.29, 0.717) is 10.9 Å². The number of aromatic carboxylic acids is 1. The van der Waals surface area contributed by atoms with Crippen molar-refractivity contribution >= 4 is 44.8 Å². The molecule has 1 heterocycles. The number of benzene rings is 3. The third kappa shape index (κ3) is 3.71. The van der Waals surface area contributed by atoms with Crippen molar-refractivity contribution in [3.05, 3.63) is 90.1 Å². The summed E-state index contributed by atoms with van der Waals surface area (Å²) in [6.07, 6.45) is 3.10. The number of nitrogens with one attached hydrogen (secondary N) is 1. The minimum absolute atomic E-state index is 0.0237. The molecule has 0 radical (unpaired) electrons. The number of hydrogen-bond acceptors (Lipinski definition) is 3. The van der Waals surface area contributed by atoms with Crippen LogP contribution in [0.1, 0.15) is 22.8 Å². The maximum Gasteiger partial charge on any atom is 0.337 e. The van der Waals surface area contributed by atoms with Crippen LogP contribution in [-0.2, 0) is 4.79 Å². The fourth-order valence-corrected chi connectivity index (χ4v) is 3.34. The summed E-state index contributed by atoms with van der Waals surface area (Å²) in [7, 11) is 0. The molecule has 0 aliphatic rings. The van der Waals surface area contributed by atoms with Crippen molar-refractivity contribution in [2.24, 2.45) is 0 Å². The Bertz CT molecular complexity index is 1290. The third-order valence-electron chi connectivity index (χ3n) is 4.82. The van der Waals surface area contributed by atoms with Crippen LogP contribution >= 0.6 is 0 Å². The molecule has 0 unspecified atom stereocenters. The number of carboxylic acid groups (broad SMARTS) is 1. The molecule has 0 fully saturated rings. The van der Waals surface area contributed by atoms with Gasteiger partial charge in [-0.05, 0) is 59.2 Å². The molecule has 4 rings (SSSR count). The fourth-order valence-electron chi connectivity index (χ4n) is 3.34. The number of pyridine rings is 1. The standard InChI is InChI=1S/C24H18N2O3/c1-15(17-9-8-16-5-2-3-6-18(16)14-17)13-22(27)26-23-19-7-4-12-25-21(19)11-10-20(23)24(28)29/h2-14H,1H3,(H,26,27)(H,28,29)/b15-13-. The van der Waals surface area contributed by atoms with E-state index in [4.69, 9.17) is 0 Å². The molecule has 4 aromatic rings. The lowest BCUT2D eigenvalue weighted by atomic mass is 10.0. The first-order chi connectivity index (χ1) is 14.0. The number of rotatable bonds is 4. The van der Waals surface area contributed by atoms with Gasteiger partial charge in [-0.15, -0.1) is 0 Å². The van der Waals surface area contributed by atoms with E-state index in [1.54, 1.807) is 24.4 Å². The largest absolute Gasteiger partial charge is 0.478 e. The quantitative estimate of drug-likeness (QED) is 0.480. The van der Waals surface area contributed by atoms with Crippen LogP contribution in [0.2, 0.25) is 0 Å². The molecular formula is C24H18N2O3. The number of allylic oxidation sites excluding steroid dienone is 1. The lowest BCUT2D eigenvalue weighted by Crippen LogP contribution is -2.13. The van der Waals surface area contributed by atoms with Gasteiger partial charge < -0.3 is 10.4 Å². The molecule has 0 bridgehead atoms. The zero-order chi connectivity index (χ0) is 20.4. The number of fused-ring (bicyclic) bond motifs is 2. The monoisotopic (exact) mass is 382 g/mol. The molecule has 0 spiro atoms. The molecule has 0 aliphatic carbocycles. The van der Waals surface area contributed by atoms with Crippen LogP contribution < -0.4 is 5.32 Å². The zero-order valence-electron chi connectivity index (χ0n) is 15.7. The molecule has 142 valence electrons. The van der Waals surface area contributed by atoms with E-state index in [0.717, 1.165) is 21.9 Å². The molecule has 1 amide bonds. The Morgan fingerprint density at radius 1 is 0.966 bits per heavy atom. The van der Waals surface area contributed by atoms with Crippen molar-refractivity contribution < 1.29 is 14.7 Å². The van der Waals surface area contributed by atoms with Gasteiger partial charge in [0.2, 0.25) is 5.91 Å². The molecule has 0 saturated carbocycles. The van der Waals surface area contributed by atoms with Gasteiger partial charge in [-0.3, -0.25) is 9.78 Å². The van der Waals surface area contributed by atoms with E-state index < -0.39 is 11.9 Å². The number of carbonyl (C=O) groups is 2. The molecule has 1 aromatic heterocycles. The minimum Gasteiger partial charge on any atom is -0.478 e. The van der Waals surface area contributed by atoms with E-state index in [9.17, 15) is 14.7 Å². The molecule has 0 saturated heterocycles. The lowest BCUT2D eigenvalue weighted by Gasteiger charge is -2.11.